The van der Waals surface area contributed by atoms with E-state index in [0.29, 0.717) is 11.4 Å². The highest BCUT2D eigenvalue weighted by Crippen LogP contribution is 2.28. The Labute approximate surface area is 193 Å². The summed E-state index contributed by atoms with van der Waals surface area (Å²) in [5, 5.41) is 18.6. The molecule has 2 N–H and O–H groups in total. The molecule has 170 valence electrons. The molecule has 0 bridgehead atoms. The number of nitrogens with zero attached hydrogens (tertiary/aromatic N) is 5. The van der Waals surface area contributed by atoms with Crippen molar-refractivity contribution in [3.05, 3.63) is 66.8 Å². The Morgan fingerprint density at radius 3 is 2.79 bits per heavy atom. The van der Waals surface area contributed by atoms with Gasteiger partial charge in [-0.2, -0.15) is 5.10 Å². The lowest BCUT2D eigenvalue weighted by atomic mass is 10.0. The predicted molar refractivity (Wildman–Crippen MR) is 131 cm³/mol. The van der Waals surface area contributed by atoms with Gasteiger partial charge in [-0.3, -0.25) is 9.48 Å². The molecule has 0 aliphatic carbocycles. The van der Waals surface area contributed by atoms with Gasteiger partial charge in [0, 0.05) is 49.1 Å². The average molecular weight is 445 g/mol. The number of likely N-dealkylation sites (tertiary alicyclic amines) is 1. The summed E-state index contributed by atoms with van der Waals surface area (Å²) in [7, 11) is 1.80. The Bertz CT molecular complexity index is 1250. The highest BCUT2D eigenvalue weighted by molar-refractivity contribution is 6.05. The fraction of sp³-hybridized carbons (Fsp3) is 0.280. The van der Waals surface area contributed by atoms with Crippen LogP contribution in [0, 0.1) is 0 Å². The number of aliphatic hydroxyl groups is 1. The molecule has 8 heteroatoms. The number of aliphatic imine (C=N–C) groups is 1. The number of pyridine rings is 1. The molecule has 1 saturated heterocycles. The minimum absolute atomic E-state index is 0.0985. The van der Waals surface area contributed by atoms with Gasteiger partial charge in [0.2, 0.25) is 0 Å². The lowest BCUT2D eigenvalue weighted by molar-refractivity contribution is -0.112. The number of carbonyl (C=O) groups excluding carboxylic acids is 1. The number of carbonyl (C=O) groups is 1. The van der Waals surface area contributed by atoms with Gasteiger partial charge in [-0.05, 0) is 48.9 Å². The van der Waals surface area contributed by atoms with E-state index in [4.69, 9.17) is 0 Å². The third-order valence-corrected chi connectivity index (χ3v) is 5.88. The molecule has 8 nitrogen and oxygen atoms in total. The van der Waals surface area contributed by atoms with Crippen LogP contribution in [0.4, 0.5) is 5.82 Å². The van der Waals surface area contributed by atoms with E-state index in [1.165, 1.54) is 12.8 Å². The summed E-state index contributed by atoms with van der Waals surface area (Å²) in [6.07, 6.45) is 9.05. The monoisotopic (exact) mass is 444 g/mol. The minimum atomic E-state index is -0.335. The van der Waals surface area contributed by atoms with Crippen molar-refractivity contribution in [1.29, 1.82) is 0 Å². The second-order valence-electron chi connectivity index (χ2n) is 8.08. The lowest BCUT2D eigenvalue weighted by Gasteiger charge is -2.15. The van der Waals surface area contributed by atoms with Crippen molar-refractivity contribution in [3.8, 4) is 11.1 Å². The van der Waals surface area contributed by atoms with Crippen LogP contribution in [0.5, 0.6) is 0 Å². The van der Waals surface area contributed by atoms with E-state index in [0.717, 1.165) is 46.5 Å². The number of aryl methyl sites for hydroxylation is 1. The number of hydrogen-bond acceptors (Lipinski definition) is 5. The molecular formula is C25H28N6O2. The van der Waals surface area contributed by atoms with Gasteiger partial charge in [0.25, 0.3) is 5.91 Å². The SMILES string of the molecule is C=C(/C=C\N=C(C)N1CCCC1)C(=O)Nc1cc2cc(-c3cnn(C)c3CO)ccc2cn1. The molecule has 4 rings (SSSR count). The molecule has 33 heavy (non-hydrogen) atoms. The normalized spacial score (nSPS) is 14.4. The van der Waals surface area contributed by atoms with Crippen molar-refractivity contribution in [2.75, 3.05) is 18.4 Å². The Balaban J connectivity index is 1.47. The molecule has 0 spiro atoms. The van der Waals surface area contributed by atoms with Crippen molar-refractivity contribution in [2.24, 2.45) is 12.0 Å². The van der Waals surface area contributed by atoms with Crippen molar-refractivity contribution in [3.63, 3.8) is 0 Å². The van der Waals surface area contributed by atoms with Gasteiger partial charge in [-0.25, -0.2) is 9.98 Å². The Hall–Kier alpha value is -3.78. The molecule has 3 aromatic rings. The van der Waals surface area contributed by atoms with Gasteiger partial charge in [0.05, 0.1) is 18.5 Å². The van der Waals surface area contributed by atoms with Crippen LogP contribution in [0.25, 0.3) is 21.9 Å². The van der Waals surface area contributed by atoms with Crippen LogP contribution in [0.1, 0.15) is 25.5 Å². The first-order valence-corrected chi connectivity index (χ1v) is 10.9. The highest BCUT2D eigenvalue weighted by atomic mass is 16.3. The van der Waals surface area contributed by atoms with Crippen molar-refractivity contribution in [1.82, 2.24) is 19.7 Å². The molecule has 1 aromatic carbocycles. The minimum Gasteiger partial charge on any atom is -0.390 e. The van der Waals surface area contributed by atoms with E-state index in [1.54, 1.807) is 36.4 Å². The van der Waals surface area contributed by atoms with Crippen LogP contribution in [-0.2, 0) is 18.4 Å². The summed E-state index contributed by atoms with van der Waals surface area (Å²) < 4.78 is 1.66. The van der Waals surface area contributed by atoms with Crippen LogP contribution >= 0.6 is 0 Å². The maximum absolute atomic E-state index is 12.6. The topological polar surface area (TPSA) is 95.6 Å². The molecular weight excluding hydrogens is 416 g/mol. The molecule has 0 radical (unpaired) electrons. The number of fused-ring (bicyclic) bond motifs is 1. The largest absolute Gasteiger partial charge is 0.390 e. The zero-order valence-corrected chi connectivity index (χ0v) is 19.0. The summed E-state index contributed by atoms with van der Waals surface area (Å²) in [4.78, 5) is 23.5. The quantitative estimate of drug-likeness (QED) is 0.262. The van der Waals surface area contributed by atoms with E-state index < -0.39 is 0 Å². The summed E-state index contributed by atoms with van der Waals surface area (Å²) >= 11 is 0. The van der Waals surface area contributed by atoms with Crippen LogP contribution < -0.4 is 5.32 Å². The van der Waals surface area contributed by atoms with E-state index in [1.807, 2.05) is 31.2 Å². The second-order valence-corrected chi connectivity index (χ2v) is 8.08. The number of nitrogens with one attached hydrogen (secondary N) is 1. The van der Waals surface area contributed by atoms with Crippen LogP contribution in [0.2, 0.25) is 0 Å². The molecule has 1 amide bonds. The molecule has 1 aliphatic heterocycles. The van der Waals surface area contributed by atoms with Crippen molar-refractivity contribution < 1.29 is 9.90 Å². The molecule has 0 unspecified atom stereocenters. The van der Waals surface area contributed by atoms with Crippen LogP contribution in [0.15, 0.2) is 66.1 Å². The van der Waals surface area contributed by atoms with E-state index >= 15 is 0 Å². The first-order valence-electron chi connectivity index (χ1n) is 10.9. The van der Waals surface area contributed by atoms with Gasteiger partial charge >= 0.3 is 0 Å². The Morgan fingerprint density at radius 1 is 1.24 bits per heavy atom. The van der Waals surface area contributed by atoms with Crippen LogP contribution in [-0.4, -0.2) is 49.6 Å². The molecule has 2 aromatic heterocycles. The summed E-state index contributed by atoms with van der Waals surface area (Å²) in [5.74, 6) is 1.05. The summed E-state index contributed by atoms with van der Waals surface area (Å²) in [6, 6.07) is 7.74. The van der Waals surface area contributed by atoms with E-state index in [2.05, 4.69) is 31.9 Å². The van der Waals surface area contributed by atoms with Gasteiger partial charge in [0.15, 0.2) is 0 Å². The molecule has 0 saturated carbocycles. The third-order valence-electron chi connectivity index (χ3n) is 5.88. The molecule has 3 heterocycles. The number of rotatable bonds is 6. The number of aliphatic hydroxyl groups excluding tert-OH is 1. The van der Waals surface area contributed by atoms with Gasteiger partial charge in [-0.1, -0.05) is 18.7 Å². The van der Waals surface area contributed by atoms with Crippen molar-refractivity contribution in [2.45, 2.75) is 26.4 Å². The van der Waals surface area contributed by atoms with E-state index in [-0.39, 0.29) is 12.5 Å². The maximum Gasteiger partial charge on any atom is 0.256 e. The average Bonchev–Trinajstić information content (AvgIpc) is 3.48. The Kier molecular flexibility index (Phi) is 6.65. The molecule has 0 atom stereocenters. The number of benzene rings is 1. The summed E-state index contributed by atoms with van der Waals surface area (Å²) in [6.45, 7) is 7.77. The number of amides is 1. The third kappa shape index (κ3) is 5.01. The number of anilines is 1. The van der Waals surface area contributed by atoms with Crippen LogP contribution in [0.3, 0.4) is 0 Å². The van der Waals surface area contributed by atoms with Gasteiger partial charge in [-0.15, -0.1) is 0 Å². The van der Waals surface area contributed by atoms with E-state index in [9.17, 15) is 9.90 Å². The lowest BCUT2D eigenvalue weighted by Crippen LogP contribution is -2.24. The predicted octanol–water partition coefficient (Wildman–Crippen LogP) is 3.65. The smallest absolute Gasteiger partial charge is 0.256 e. The molecule has 1 fully saturated rings. The number of aromatic nitrogens is 3. The fourth-order valence-corrected chi connectivity index (χ4v) is 3.90. The second kappa shape index (κ2) is 9.79. The van der Waals surface area contributed by atoms with Crippen molar-refractivity contribution >= 4 is 28.3 Å². The summed E-state index contributed by atoms with van der Waals surface area (Å²) in [5.41, 5.74) is 2.84. The maximum atomic E-state index is 12.6. The zero-order valence-electron chi connectivity index (χ0n) is 19.0. The van der Waals surface area contributed by atoms with Gasteiger partial charge < -0.3 is 15.3 Å². The first kappa shape index (κ1) is 22.4. The first-order chi connectivity index (χ1) is 16.0. The fourth-order valence-electron chi connectivity index (χ4n) is 3.90. The zero-order chi connectivity index (χ0) is 23.4. The number of hydrogen-bond donors (Lipinski definition) is 2. The standard InChI is InChI=1S/C25H28N6O2/c1-17(8-9-26-18(2)31-10-4-5-11-31)25(33)29-24-13-21-12-19(6-7-20(21)14-27-24)22-15-28-30(3)23(22)16-32/h6-9,12-15,32H,1,4-5,10-11,16H2,2-3H3,(H,27,29,33)/b9-8-,26-18?. The molecule has 1 aliphatic rings. The highest BCUT2D eigenvalue weighted by Gasteiger charge is 2.13. The Morgan fingerprint density at radius 2 is 2.03 bits per heavy atom. The van der Waals surface area contributed by atoms with Gasteiger partial charge in [0.1, 0.15) is 11.7 Å². The number of amidine groups is 1.